The van der Waals surface area contributed by atoms with Crippen molar-refractivity contribution >= 4 is 0 Å². The lowest BCUT2D eigenvalue weighted by Gasteiger charge is -2.50. The number of benzene rings is 1. The zero-order chi connectivity index (χ0) is 16.7. The Balaban J connectivity index is 1.60. The van der Waals surface area contributed by atoms with E-state index in [0.29, 0.717) is 11.5 Å². The fourth-order valence-electron chi connectivity index (χ4n) is 6.24. The van der Waals surface area contributed by atoms with Crippen LogP contribution in [0.15, 0.2) is 18.2 Å². The Hall–Kier alpha value is -1.02. The smallest absolute Gasteiger partial charge is 0.119 e. The molecule has 0 heterocycles. The highest BCUT2D eigenvalue weighted by Gasteiger charge is 2.55. The van der Waals surface area contributed by atoms with Crippen molar-refractivity contribution in [3.8, 4) is 5.75 Å². The van der Waals surface area contributed by atoms with Crippen LogP contribution in [0.25, 0.3) is 0 Å². The van der Waals surface area contributed by atoms with Crippen LogP contribution in [0, 0.1) is 17.3 Å². The summed E-state index contributed by atoms with van der Waals surface area (Å²) in [5.74, 6) is 3.53. The highest BCUT2D eigenvalue weighted by Crippen LogP contribution is 2.61. The van der Waals surface area contributed by atoms with Gasteiger partial charge in [0.2, 0.25) is 0 Å². The molecule has 3 aliphatic carbocycles. The first-order valence-corrected chi connectivity index (χ1v) is 10.0. The molecule has 2 saturated carbocycles. The van der Waals surface area contributed by atoms with Crippen molar-refractivity contribution in [3.05, 3.63) is 29.3 Å². The molecule has 5 atom stereocenters. The number of hydrogen-bond acceptors (Lipinski definition) is 2. The van der Waals surface area contributed by atoms with Gasteiger partial charge in [0.1, 0.15) is 5.75 Å². The second kappa shape index (κ2) is 6.37. The molecule has 0 amide bonds. The van der Waals surface area contributed by atoms with Crippen LogP contribution in [0.3, 0.4) is 0 Å². The van der Waals surface area contributed by atoms with Gasteiger partial charge in [-0.15, -0.1) is 0 Å². The Labute approximate surface area is 146 Å². The van der Waals surface area contributed by atoms with Gasteiger partial charge in [-0.25, -0.2) is 0 Å². The molecule has 0 N–H and O–H groups in total. The van der Waals surface area contributed by atoms with Gasteiger partial charge in [-0.3, -0.25) is 0 Å². The van der Waals surface area contributed by atoms with Crippen LogP contribution in [-0.4, -0.2) is 19.3 Å². The Morgan fingerprint density at radius 3 is 2.75 bits per heavy atom. The molecule has 2 nitrogen and oxygen atoms in total. The van der Waals surface area contributed by atoms with Crippen LogP contribution in [-0.2, 0) is 11.2 Å². The minimum atomic E-state index is 0.417. The van der Waals surface area contributed by atoms with E-state index < -0.39 is 0 Å². The molecule has 0 aromatic heterocycles. The van der Waals surface area contributed by atoms with E-state index in [1.54, 1.807) is 11.1 Å². The summed E-state index contributed by atoms with van der Waals surface area (Å²) in [6.45, 7) is 8.35. The molecular weight excluding hydrogens is 296 g/mol. The van der Waals surface area contributed by atoms with Crippen LogP contribution >= 0.6 is 0 Å². The van der Waals surface area contributed by atoms with Crippen molar-refractivity contribution in [1.29, 1.82) is 0 Å². The lowest BCUT2D eigenvalue weighted by Crippen LogP contribution is -2.44. The van der Waals surface area contributed by atoms with Gasteiger partial charge in [0.05, 0.1) is 12.7 Å². The quantitative estimate of drug-likeness (QED) is 0.742. The molecule has 0 radical (unpaired) electrons. The predicted molar refractivity (Wildman–Crippen MR) is 97.6 cm³/mol. The van der Waals surface area contributed by atoms with Gasteiger partial charge in [-0.05, 0) is 98.8 Å². The first-order valence-electron chi connectivity index (χ1n) is 10.0. The first-order chi connectivity index (χ1) is 11.7. The van der Waals surface area contributed by atoms with Crippen LogP contribution in [0.5, 0.6) is 5.75 Å². The molecule has 1 aromatic carbocycles. The summed E-state index contributed by atoms with van der Waals surface area (Å²) in [7, 11) is 0. The predicted octanol–water partition coefficient (Wildman–Crippen LogP) is 5.35. The monoisotopic (exact) mass is 328 g/mol. The second-order valence-corrected chi connectivity index (χ2v) is 8.27. The fraction of sp³-hybridized carbons (Fsp3) is 0.727. The van der Waals surface area contributed by atoms with Gasteiger partial charge in [-0.2, -0.15) is 0 Å². The van der Waals surface area contributed by atoms with Crippen LogP contribution < -0.4 is 4.74 Å². The van der Waals surface area contributed by atoms with Crippen LogP contribution in [0.1, 0.15) is 69.9 Å². The molecule has 2 fully saturated rings. The van der Waals surface area contributed by atoms with Crippen molar-refractivity contribution in [2.75, 3.05) is 13.2 Å². The van der Waals surface area contributed by atoms with Gasteiger partial charge >= 0.3 is 0 Å². The summed E-state index contributed by atoms with van der Waals surface area (Å²) in [5, 5.41) is 0. The van der Waals surface area contributed by atoms with Crippen LogP contribution in [0.4, 0.5) is 0 Å². The number of aryl methyl sites for hydroxylation is 1. The molecule has 2 heteroatoms. The number of ether oxygens (including phenoxy) is 2. The molecule has 0 saturated heterocycles. The Bertz CT molecular complexity index is 596. The highest BCUT2D eigenvalue weighted by atomic mass is 16.5. The maximum Gasteiger partial charge on any atom is 0.119 e. The molecule has 0 spiro atoms. The van der Waals surface area contributed by atoms with Crippen molar-refractivity contribution in [1.82, 2.24) is 0 Å². The third-order valence-corrected chi connectivity index (χ3v) is 7.29. The molecule has 4 rings (SSSR count). The Morgan fingerprint density at radius 1 is 1.08 bits per heavy atom. The standard InChI is InChI=1S/C22H32O2/c1-4-23-16-7-9-17-15(14-16)6-8-19-18(17)12-13-22(3)20(19)10-11-21(22)24-5-2/h7,9,14,18-21H,4-6,8,10-13H2,1-3H3. The summed E-state index contributed by atoms with van der Waals surface area (Å²) >= 11 is 0. The fourth-order valence-corrected chi connectivity index (χ4v) is 6.24. The summed E-state index contributed by atoms with van der Waals surface area (Å²) in [6.07, 6.45) is 8.38. The third-order valence-electron chi connectivity index (χ3n) is 7.29. The van der Waals surface area contributed by atoms with Crippen LogP contribution in [0.2, 0.25) is 0 Å². The van der Waals surface area contributed by atoms with Crippen molar-refractivity contribution < 1.29 is 9.47 Å². The average molecular weight is 328 g/mol. The van der Waals surface area contributed by atoms with Gasteiger partial charge < -0.3 is 9.47 Å². The van der Waals surface area contributed by atoms with Crippen molar-refractivity contribution in [2.45, 2.75) is 71.3 Å². The maximum absolute atomic E-state index is 6.15. The van der Waals surface area contributed by atoms with E-state index in [4.69, 9.17) is 9.47 Å². The van der Waals surface area contributed by atoms with Crippen molar-refractivity contribution in [3.63, 3.8) is 0 Å². The molecule has 24 heavy (non-hydrogen) atoms. The van der Waals surface area contributed by atoms with Gasteiger partial charge in [0.25, 0.3) is 0 Å². The first kappa shape index (κ1) is 16.4. The summed E-state index contributed by atoms with van der Waals surface area (Å²) in [4.78, 5) is 0. The Kier molecular flexibility index (Phi) is 4.36. The van der Waals surface area contributed by atoms with Crippen molar-refractivity contribution in [2.24, 2.45) is 17.3 Å². The zero-order valence-electron chi connectivity index (χ0n) is 15.5. The Morgan fingerprint density at radius 2 is 1.96 bits per heavy atom. The average Bonchev–Trinajstić information content (AvgIpc) is 2.92. The van der Waals surface area contributed by atoms with E-state index >= 15 is 0 Å². The second-order valence-electron chi connectivity index (χ2n) is 8.27. The number of hydrogen-bond donors (Lipinski definition) is 0. The number of fused-ring (bicyclic) bond motifs is 5. The highest BCUT2D eigenvalue weighted by molar-refractivity contribution is 5.40. The minimum absolute atomic E-state index is 0.417. The van der Waals surface area contributed by atoms with E-state index in [1.807, 2.05) is 0 Å². The summed E-state index contributed by atoms with van der Waals surface area (Å²) < 4.78 is 11.9. The van der Waals surface area contributed by atoms with E-state index in [9.17, 15) is 0 Å². The van der Waals surface area contributed by atoms with E-state index in [-0.39, 0.29) is 0 Å². The molecule has 3 aliphatic rings. The lowest BCUT2D eigenvalue weighted by molar-refractivity contribution is -0.0600. The van der Waals surface area contributed by atoms with Gasteiger partial charge in [0.15, 0.2) is 0 Å². The van der Waals surface area contributed by atoms with Gasteiger partial charge in [-0.1, -0.05) is 13.0 Å². The summed E-state index contributed by atoms with van der Waals surface area (Å²) in [5.41, 5.74) is 3.58. The van der Waals surface area contributed by atoms with E-state index in [1.165, 1.54) is 38.5 Å². The van der Waals surface area contributed by atoms with E-state index in [0.717, 1.165) is 36.7 Å². The molecule has 0 aliphatic heterocycles. The minimum Gasteiger partial charge on any atom is -0.494 e. The maximum atomic E-state index is 6.15. The summed E-state index contributed by atoms with van der Waals surface area (Å²) in [6, 6.07) is 6.87. The molecule has 1 aromatic rings. The molecule has 132 valence electrons. The normalized spacial score (nSPS) is 37.5. The third kappa shape index (κ3) is 2.49. The zero-order valence-corrected chi connectivity index (χ0v) is 15.5. The van der Waals surface area contributed by atoms with Gasteiger partial charge in [0, 0.05) is 6.61 Å². The molecule has 5 unspecified atom stereocenters. The van der Waals surface area contributed by atoms with E-state index in [2.05, 4.69) is 39.0 Å². The SMILES string of the molecule is CCOc1ccc2c(c1)CCC1C2CCC2(C)C(OCC)CCC12. The topological polar surface area (TPSA) is 18.5 Å². The molecule has 0 bridgehead atoms. The largest absolute Gasteiger partial charge is 0.494 e. The number of rotatable bonds is 4. The lowest BCUT2D eigenvalue weighted by atomic mass is 9.55. The molecular formula is C22H32O2.